The van der Waals surface area contributed by atoms with Gasteiger partial charge < -0.3 is 9.47 Å². The number of amides is 2. The number of imide groups is 1. The molecule has 1 saturated heterocycles. The third-order valence-corrected chi connectivity index (χ3v) is 6.39. The first-order valence-electron chi connectivity index (χ1n) is 8.43. The first-order chi connectivity index (χ1) is 13.4. The maximum absolute atomic E-state index is 12.8. The van der Waals surface area contributed by atoms with E-state index in [9.17, 15) is 9.59 Å². The summed E-state index contributed by atoms with van der Waals surface area (Å²) in [5.41, 5.74) is 1.70. The van der Waals surface area contributed by atoms with Gasteiger partial charge in [0.25, 0.3) is 11.1 Å². The van der Waals surface area contributed by atoms with E-state index in [1.54, 1.807) is 19.3 Å². The van der Waals surface area contributed by atoms with Gasteiger partial charge in [0.15, 0.2) is 11.5 Å². The lowest BCUT2D eigenvalue weighted by Gasteiger charge is -2.13. The van der Waals surface area contributed by atoms with Gasteiger partial charge in [0.1, 0.15) is 0 Å². The second kappa shape index (κ2) is 9.49. The van der Waals surface area contributed by atoms with Gasteiger partial charge in [-0.15, -0.1) is 0 Å². The Kier molecular flexibility index (Phi) is 7.26. The number of nitrogens with zero attached hydrogens (tertiary/aromatic N) is 1. The molecule has 2 amide bonds. The van der Waals surface area contributed by atoms with E-state index in [0.717, 1.165) is 30.0 Å². The van der Waals surface area contributed by atoms with Crippen molar-refractivity contribution in [1.29, 1.82) is 0 Å². The minimum Gasteiger partial charge on any atom is -0.493 e. The molecule has 2 aromatic rings. The summed E-state index contributed by atoms with van der Waals surface area (Å²) in [6.45, 7) is 2.71. The molecule has 3 rings (SSSR count). The van der Waals surface area contributed by atoms with E-state index >= 15 is 0 Å². The molecule has 5 nitrogen and oxygen atoms in total. The molecule has 28 heavy (non-hydrogen) atoms. The lowest BCUT2D eigenvalue weighted by molar-refractivity contribution is -0.123. The fraction of sp³-hybridized carbons (Fsp3) is 0.200. The van der Waals surface area contributed by atoms with Gasteiger partial charge in [-0.2, -0.15) is 0 Å². The fourth-order valence-corrected chi connectivity index (χ4v) is 4.65. The SMILES string of the molecule is CCOc1c(I)cc(/C=C2\SC(=O)N(Cc3ccc(I)cc3)C2=O)cc1OC. The Morgan fingerprint density at radius 2 is 1.86 bits per heavy atom. The summed E-state index contributed by atoms with van der Waals surface area (Å²) in [6.07, 6.45) is 1.72. The molecule has 2 aromatic carbocycles. The number of methoxy groups -OCH3 is 1. The van der Waals surface area contributed by atoms with Crippen LogP contribution in [0.25, 0.3) is 6.08 Å². The zero-order valence-electron chi connectivity index (χ0n) is 15.2. The number of hydrogen-bond donors (Lipinski definition) is 0. The molecule has 0 aliphatic carbocycles. The number of carbonyl (C=O) groups is 2. The van der Waals surface area contributed by atoms with Gasteiger partial charge in [0, 0.05) is 3.57 Å². The van der Waals surface area contributed by atoms with Gasteiger partial charge >= 0.3 is 0 Å². The summed E-state index contributed by atoms with van der Waals surface area (Å²) < 4.78 is 13.0. The summed E-state index contributed by atoms with van der Waals surface area (Å²) in [5.74, 6) is 0.990. The van der Waals surface area contributed by atoms with Gasteiger partial charge in [-0.25, -0.2) is 0 Å². The summed E-state index contributed by atoms with van der Waals surface area (Å²) in [4.78, 5) is 26.8. The zero-order valence-corrected chi connectivity index (χ0v) is 20.3. The Bertz CT molecular complexity index is 944. The van der Waals surface area contributed by atoms with E-state index in [0.29, 0.717) is 23.0 Å². The molecule has 0 spiro atoms. The number of rotatable bonds is 6. The topological polar surface area (TPSA) is 55.8 Å². The van der Waals surface area contributed by atoms with Crippen molar-refractivity contribution in [3.05, 3.63) is 59.6 Å². The highest BCUT2D eigenvalue weighted by molar-refractivity contribution is 14.1. The number of benzene rings is 2. The van der Waals surface area contributed by atoms with Gasteiger partial charge in [-0.3, -0.25) is 14.5 Å². The first kappa shape index (κ1) is 21.4. The van der Waals surface area contributed by atoms with Crippen LogP contribution in [0.2, 0.25) is 0 Å². The Balaban J connectivity index is 1.85. The minimum atomic E-state index is -0.281. The molecule has 1 fully saturated rings. The zero-order chi connectivity index (χ0) is 20.3. The largest absolute Gasteiger partial charge is 0.493 e. The quantitative estimate of drug-likeness (QED) is 0.314. The van der Waals surface area contributed by atoms with Crippen LogP contribution < -0.4 is 9.47 Å². The van der Waals surface area contributed by atoms with Gasteiger partial charge in [0.2, 0.25) is 0 Å². The van der Waals surface area contributed by atoms with Crippen molar-refractivity contribution in [2.75, 3.05) is 13.7 Å². The van der Waals surface area contributed by atoms with Crippen LogP contribution in [0, 0.1) is 7.14 Å². The van der Waals surface area contributed by atoms with Gasteiger partial charge in [-0.05, 0) is 105 Å². The van der Waals surface area contributed by atoms with Crippen molar-refractivity contribution in [2.45, 2.75) is 13.5 Å². The van der Waals surface area contributed by atoms with Crippen LogP contribution in [0.1, 0.15) is 18.1 Å². The highest BCUT2D eigenvalue weighted by Gasteiger charge is 2.35. The van der Waals surface area contributed by atoms with Crippen LogP contribution in [0.3, 0.4) is 0 Å². The van der Waals surface area contributed by atoms with Crippen LogP contribution in [0.5, 0.6) is 11.5 Å². The first-order valence-corrected chi connectivity index (χ1v) is 11.4. The summed E-state index contributed by atoms with van der Waals surface area (Å²) >= 11 is 5.35. The summed E-state index contributed by atoms with van der Waals surface area (Å²) in [6, 6.07) is 11.5. The van der Waals surface area contributed by atoms with E-state index in [1.165, 1.54) is 4.90 Å². The summed E-state index contributed by atoms with van der Waals surface area (Å²) in [7, 11) is 1.58. The molecule has 0 bridgehead atoms. The molecule has 0 N–H and O–H groups in total. The Labute approximate surface area is 195 Å². The van der Waals surface area contributed by atoms with Crippen molar-refractivity contribution in [2.24, 2.45) is 0 Å². The molecule has 1 heterocycles. The van der Waals surface area contributed by atoms with Crippen LogP contribution in [-0.2, 0) is 11.3 Å². The average Bonchev–Trinajstić information content (AvgIpc) is 2.92. The normalized spacial score (nSPS) is 15.4. The third kappa shape index (κ3) is 4.82. The molecule has 8 heteroatoms. The fourth-order valence-electron chi connectivity index (χ4n) is 2.67. The highest BCUT2D eigenvalue weighted by atomic mass is 127. The average molecular weight is 621 g/mol. The molecule has 146 valence electrons. The molecular weight excluding hydrogens is 604 g/mol. The van der Waals surface area contributed by atoms with Crippen LogP contribution >= 0.6 is 56.9 Å². The standard InChI is InChI=1S/C20H17I2NO4S/c1-3-27-18-15(22)8-13(9-16(18)26-2)10-17-19(24)23(20(25)28-17)11-12-4-6-14(21)7-5-12/h4-10H,3,11H2,1-2H3/b17-10-. The van der Waals surface area contributed by atoms with Crippen LogP contribution in [-0.4, -0.2) is 29.8 Å². The number of hydrogen-bond acceptors (Lipinski definition) is 5. The van der Waals surface area contributed by atoms with Crippen LogP contribution in [0.15, 0.2) is 41.3 Å². The number of ether oxygens (including phenoxy) is 2. The maximum Gasteiger partial charge on any atom is 0.293 e. The maximum atomic E-state index is 12.8. The molecule has 0 atom stereocenters. The van der Waals surface area contributed by atoms with Gasteiger partial charge in [0.05, 0.1) is 28.7 Å². The number of halogens is 2. The second-order valence-electron chi connectivity index (χ2n) is 5.86. The van der Waals surface area contributed by atoms with E-state index in [2.05, 4.69) is 45.2 Å². The van der Waals surface area contributed by atoms with Gasteiger partial charge in [-0.1, -0.05) is 12.1 Å². The van der Waals surface area contributed by atoms with E-state index in [4.69, 9.17) is 9.47 Å². The molecule has 1 aliphatic rings. The Hall–Kier alpha value is -1.27. The molecule has 0 radical (unpaired) electrons. The molecule has 0 unspecified atom stereocenters. The van der Waals surface area contributed by atoms with Crippen molar-refractivity contribution >= 4 is 74.2 Å². The molecule has 0 aromatic heterocycles. The van der Waals surface area contributed by atoms with Crippen molar-refractivity contribution < 1.29 is 19.1 Å². The van der Waals surface area contributed by atoms with Crippen molar-refractivity contribution in [1.82, 2.24) is 4.90 Å². The molecular formula is C20H17I2NO4S. The third-order valence-electron chi connectivity index (χ3n) is 3.97. The van der Waals surface area contributed by atoms with Crippen molar-refractivity contribution in [3.8, 4) is 11.5 Å². The Morgan fingerprint density at radius 3 is 2.50 bits per heavy atom. The predicted octanol–water partition coefficient (Wildman–Crippen LogP) is 5.54. The highest BCUT2D eigenvalue weighted by Crippen LogP contribution is 2.37. The lowest BCUT2D eigenvalue weighted by Crippen LogP contribution is -2.27. The van der Waals surface area contributed by atoms with E-state index in [1.807, 2.05) is 37.3 Å². The van der Waals surface area contributed by atoms with Crippen molar-refractivity contribution in [3.63, 3.8) is 0 Å². The minimum absolute atomic E-state index is 0.262. The number of thioether (sulfide) groups is 1. The monoisotopic (exact) mass is 621 g/mol. The lowest BCUT2D eigenvalue weighted by atomic mass is 10.1. The molecule has 1 aliphatic heterocycles. The predicted molar refractivity (Wildman–Crippen MR) is 128 cm³/mol. The van der Waals surface area contributed by atoms with E-state index in [-0.39, 0.29) is 17.7 Å². The summed E-state index contributed by atoms with van der Waals surface area (Å²) in [5, 5.41) is -0.262. The number of carbonyl (C=O) groups excluding carboxylic acids is 2. The molecule has 0 saturated carbocycles. The van der Waals surface area contributed by atoms with E-state index < -0.39 is 0 Å². The van der Waals surface area contributed by atoms with Crippen LogP contribution in [0.4, 0.5) is 4.79 Å². The smallest absolute Gasteiger partial charge is 0.293 e. The second-order valence-corrected chi connectivity index (χ2v) is 9.26. The Morgan fingerprint density at radius 1 is 1.14 bits per heavy atom.